The summed E-state index contributed by atoms with van der Waals surface area (Å²) in [4.78, 5) is 11.7. The van der Waals surface area contributed by atoms with Gasteiger partial charge in [0.05, 0.1) is 6.61 Å². The van der Waals surface area contributed by atoms with E-state index in [1.165, 1.54) is 0 Å². The molecule has 1 aromatic rings. The minimum absolute atomic E-state index is 0.140. The summed E-state index contributed by atoms with van der Waals surface area (Å²) in [5.74, 6) is 1.98. The van der Waals surface area contributed by atoms with Gasteiger partial charge in [-0.1, -0.05) is 13.8 Å². The number of ether oxygens (including phenoxy) is 1. The molecule has 0 aliphatic rings. The van der Waals surface area contributed by atoms with Crippen molar-refractivity contribution in [2.75, 3.05) is 12.5 Å². The van der Waals surface area contributed by atoms with E-state index >= 15 is 0 Å². The Labute approximate surface area is 108 Å². The molecule has 17 heavy (non-hydrogen) atoms. The zero-order valence-corrected chi connectivity index (χ0v) is 11.2. The first-order chi connectivity index (χ1) is 8.13. The van der Waals surface area contributed by atoms with Gasteiger partial charge < -0.3 is 4.74 Å². The fourth-order valence-corrected chi connectivity index (χ4v) is 1.51. The van der Waals surface area contributed by atoms with E-state index in [-0.39, 0.29) is 5.78 Å². The molecule has 1 aromatic carbocycles. The van der Waals surface area contributed by atoms with E-state index in [1.54, 1.807) is 0 Å². The molecule has 0 amide bonds. The molecule has 0 radical (unpaired) electrons. The summed E-state index contributed by atoms with van der Waals surface area (Å²) in [6.07, 6.45) is 1.24. The first-order valence-corrected chi connectivity index (χ1v) is 6.49. The second kappa shape index (κ2) is 7.33. The lowest BCUT2D eigenvalue weighted by atomic mass is 10.1. The van der Waals surface area contributed by atoms with Crippen LogP contribution in [0.1, 0.15) is 37.0 Å². The van der Waals surface area contributed by atoms with Gasteiger partial charge in [0.2, 0.25) is 0 Å². The molecule has 0 aromatic heterocycles. The van der Waals surface area contributed by atoms with Gasteiger partial charge >= 0.3 is 0 Å². The highest BCUT2D eigenvalue weighted by atomic mass is 35.5. The number of carbonyl (C=O) groups is 1. The van der Waals surface area contributed by atoms with E-state index in [0.29, 0.717) is 24.8 Å². The number of hydrogen-bond acceptors (Lipinski definition) is 2. The maximum atomic E-state index is 11.7. The van der Waals surface area contributed by atoms with E-state index in [2.05, 4.69) is 13.8 Å². The molecule has 0 aliphatic heterocycles. The molecular weight excluding hydrogens is 236 g/mol. The number of ketones is 1. The van der Waals surface area contributed by atoms with Crippen LogP contribution in [0.5, 0.6) is 5.75 Å². The Hall–Kier alpha value is -1.02. The molecule has 0 fully saturated rings. The predicted octanol–water partition coefficient (Wildman–Crippen LogP) is 3.92. The summed E-state index contributed by atoms with van der Waals surface area (Å²) in [7, 11) is 0. The molecular formula is C14H19ClO2. The maximum Gasteiger partial charge on any atom is 0.162 e. The highest BCUT2D eigenvalue weighted by Gasteiger charge is 2.05. The van der Waals surface area contributed by atoms with E-state index in [0.717, 1.165) is 17.7 Å². The topological polar surface area (TPSA) is 26.3 Å². The minimum Gasteiger partial charge on any atom is -0.493 e. The van der Waals surface area contributed by atoms with Gasteiger partial charge in [-0.25, -0.2) is 0 Å². The number of carbonyl (C=O) groups excluding carboxylic acids is 1. The molecule has 94 valence electrons. The van der Waals surface area contributed by atoms with Crippen molar-refractivity contribution in [3.05, 3.63) is 29.8 Å². The van der Waals surface area contributed by atoms with Crippen LogP contribution in [0.3, 0.4) is 0 Å². The van der Waals surface area contributed by atoms with Crippen LogP contribution in [-0.4, -0.2) is 18.3 Å². The number of rotatable bonds is 7. The van der Waals surface area contributed by atoms with Crippen molar-refractivity contribution >= 4 is 17.4 Å². The molecule has 0 N–H and O–H groups in total. The van der Waals surface area contributed by atoms with Crippen molar-refractivity contribution < 1.29 is 9.53 Å². The highest BCUT2D eigenvalue weighted by molar-refractivity contribution is 6.18. The Bertz CT molecular complexity index is 344. The third-order valence-electron chi connectivity index (χ3n) is 2.30. The molecule has 0 spiro atoms. The van der Waals surface area contributed by atoms with Crippen molar-refractivity contribution in [2.24, 2.45) is 5.92 Å². The summed E-state index contributed by atoms with van der Waals surface area (Å²) in [6.45, 7) is 4.90. The van der Waals surface area contributed by atoms with Crippen molar-refractivity contribution in [1.82, 2.24) is 0 Å². The molecule has 0 unspecified atom stereocenters. The van der Waals surface area contributed by atoms with Crippen LogP contribution in [0.2, 0.25) is 0 Å². The summed E-state index contributed by atoms with van der Waals surface area (Å²) in [6, 6.07) is 7.31. The fourth-order valence-electron chi connectivity index (χ4n) is 1.37. The Morgan fingerprint density at radius 3 is 2.47 bits per heavy atom. The van der Waals surface area contributed by atoms with Gasteiger partial charge in [-0.05, 0) is 36.6 Å². The molecule has 2 nitrogen and oxygen atoms in total. The lowest BCUT2D eigenvalue weighted by Gasteiger charge is -2.08. The van der Waals surface area contributed by atoms with E-state index in [1.807, 2.05) is 24.3 Å². The lowest BCUT2D eigenvalue weighted by molar-refractivity contribution is 0.0982. The standard InChI is InChI=1S/C14H19ClO2/c1-11(2)10-17-13-7-5-12(6-8-13)14(16)4-3-9-15/h5-8,11H,3-4,9-10H2,1-2H3. The minimum atomic E-state index is 0.140. The first kappa shape index (κ1) is 14.0. The molecule has 0 heterocycles. The maximum absolute atomic E-state index is 11.7. The largest absolute Gasteiger partial charge is 0.493 e. The van der Waals surface area contributed by atoms with Crippen molar-refractivity contribution in [1.29, 1.82) is 0 Å². The third-order valence-corrected chi connectivity index (χ3v) is 2.56. The van der Waals surface area contributed by atoms with E-state index in [9.17, 15) is 4.79 Å². The van der Waals surface area contributed by atoms with Crippen LogP contribution in [-0.2, 0) is 0 Å². The quantitative estimate of drug-likeness (QED) is 0.545. The average molecular weight is 255 g/mol. The van der Waals surface area contributed by atoms with Crippen LogP contribution in [0, 0.1) is 5.92 Å². The molecule has 1 rings (SSSR count). The van der Waals surface area contributed by atoms with Crippen LogP contribution in [0.4, 0.5) is 0 Å². The van der Waals surface area contributed by atoms with Crippen LogP contribution >= 0.6 is 11.6 Å². The zero-order valence-electron chi connectivity index (χ0n) is 10.4. The fraction of sp³-hybridized carbons (Fsp3) is 0.500. The van der Waals surface area contributed by atoms with Crippen molar-refractivity contribution in [2.45, 2.75) is 26.7 Å². The number of Topliss-reactive ketones (excluding diaryl/α,β-unsaturated/α-hetero) is 1. The second-order valence-corrected chi connectivity index (χ2v) is 4.82. The SMILES string of the molecule is CC(C)COc1ccc(C(=O)CCCCl)cc1. The number of hydrogen-bond donors (Lipinski definition) is 0. The van der Waals surface area contributed by atoms with Gasteiger partial charge in [0.15, 0.2) is 5.78 Å². The summed E-state index contributed by atoms with van der Waals surface area (Å²) in [5, 5.41) is 0. The zero-order chi connectivity index (χ0) is 12.7. The van der Waals surface area contributed by atoms with Crippen molar-refractivity contribution in [3.63, 3.8) is 0 Å². The number of alkyl halides is 1. The summed E-state index contributed by atoms with van der Waals surface area (Å²) >= 11 is 5.56. The smallest absolute Gasteiger partial charge is 0.162 e. The van der Waals surface area contributed by atoms with Crippen molar-refractivity contribution in [3.8, 4) is 5.75 Å². The van der Waals surface area contributed by atoms with Gasteiger partial charge in [-0.15, -0.1) is 11.6 Å². The first-order valence-electron chi connectivity index (χ1n) is 5.95. The molecule has 0 saturated carbocycles. The van der Waals surface area contributed by atoms with E-state index in [4.69, 9.17) is 16.3 Å². The highest BCUT2D eigenvalue weighted by Crippen LogP contribution is 2.15. The van der Waals surface area contributed by atoms with Gasteiger partial charge in [0.1, 0.15) is 5.75 Å². The lowest BCUT2D eigenvalue weighted by Crippen LogP contribution is -2.05. The predicted molar refractivity (Wildman–Crippen MR) is 71.1 cm³/mol. The van der Waals surface area contributed by atoms with Crippen LogP contribution in [0.25, 0.3) is 0 Å². The molecule has 0 aliphatic carbocycles. The van der Waals surface area contributed by atoms with Gasteiger partial charge in [-0.3, -0.25) is 4.79 Å². The summed E-state index contributed by atoms with van der Waals surface area (Å²) in [5.41, 5.74) is 0.729. The number of halogens is 1. The van der Waals surface area contributed by atoms with Gasteiger partial charge in [0, 0.05) is 17.9 Å². The molecule has 0 bridgehead atoms. The van der Waals surface area contributed by atoms with Gasteiger partial charge in [0.25, 0.3) is 0 Å². The Balaban J connectivity index is 2.52. The molecule has 3 heteroatoms. The normalized spacial score (nSPS) is 10.6. The molecule has 0 saturated heterocycles. The van der Waals surface area contributed by atoms with Crippen LogP contribution < -0.4 is 4.74 Å². The number of benzene rings is 1. The Morgan fingerprint density at radius 2 is 1.94 bits per heavy atom. The second-order valence-electron chi connectivity index (χ2n) is 4.44. The van der Waals surface area contributed by atoms with Crippen LogP contribution in [0.15, 0.2) is 24.3 Å². The van der Waals surface area contributed by atoms with Gasteiger partial charge in [-0.2, -0.15) is 0 Å². The third kappa shape index (κ3) is 5.22. The average Bonchev–Trinajstić information content (AvgIpc) is 2.34. The summed E-state index contributed by atoms with van der Waals surface area (Å²) < 4.78 is 5.55. The van der Waals surface area contributed by atoms with E-state index < -0.39 is 0 Å². The Kier molecular flexibility index (Phi) is 6.06. The monoisotopic (exact) mass is 254 g/mol. The molecule has 0 atom stereocenters. The Morgan fingerprint density at radius 1 is 1.29 bits per heavy atom.